The number of aliphatic hydroxyl groups is 1. The average molecular weight is 255 g/mol. The zero-order chi connectivity index (χ0) is 12.5. The molecule has 5 heteroatoms. The molecule has 0 aromatic heterocycles. The average Bonchev–Trinajstić information content (AvgIpc) is 2.26. The first kappa shape index (κ1) is 12.2. The summed E-state index contributed by atoms with van der Waals surface area (Å²) in [5.74, 6) is -0.303. The summed E-state index contributed by atoms with van der Waals surface area (Å²) >= 11 is 5.91. The number of anilines is 1. The number of carbonyl (C=O) groups excluding carboxylic acids is 1. The first-order valence-corrected chi connectivity index (χ1v) is 5.94. The molecule has 1 aliphatic rings. The molecule has 2 rings (SSSR count). The maximum atomic E-state index is 11.8. The lowest BCUT2D eigenvalue weighted by Gasteiger charge is -2.36. The van der Waals surface area contributed by atoms with Crippen LogP contribution in [0.15, 0.2) is 18.2 Å². The smallest absolute Gasteiger partial charge is 0.252 e. The Hall–Kier alpha value is -1.26. The van der Waals surface area contributed by atoms with Crippen LogP contribution in [0.25, 0.3) is 0 Å². The minimum Gasteiger partial charge on any atom is -0.399 e. The molecule has 92 valence electrons. The molecule has 17 heavy (non-hydrogen) atoms. The number of amides is 1. The van der Waals surface area contributed by atoms with Crippen LogP contribution in [0.3, 0.4) is 0 Å². The van der Waals surface area contributed by atoms with Gasteiger partial charge in [-0.25, -0.2) is 0 Å². The van der Waals surface area contributed by atoms with Crippen molar-refractivity contribution >= 4 is 23.2 Å². The zero-order valence-electron chi connectivity index (χ0n) is 9.37. The first-order chi connectivity index (χ1) is 8.00. The highest BCUT2D eigenvalue weighted by Crippen LogP contribution is 2.30. The summed E-state index contributed by atoms with van der Waals surface area (Å²) in [7, 11) is 0. The number of nitrogens with two attached hydrogens (primary N) is 1. The van der Waals surface area contributed by atoms with Crippen molar-refractivity contribution in [3.8, 4) is 0 Å². The largest absolute Gasteiger partial charge is 0.399 e. The number of nitrogens with one attached hydrogen (secondary N) is 1. The fourth-order valence-corrected chi connectivity index (χ4v) is 2.02. The summed E-state index contributed by atoms with van der Waals surface area (Å²) in [6, 6.07) is 4.75. The molecule has 1 aromatic carbocycles. The third-order valence-corrected chi connectivity index (χ3v) is 3.43. The van der Waals surface area contributed by atoms with Crippen LogP contribution in [0.4, 0.5) is 5.69 Å². The molecule has 0 aliphatic heterocycles. The molecule has 4 nitrogen and oxygen atoms in total. The summed E-state index contributed by atoms with van der Waals surface area (Å²) in [5.41, 5.74) is 5.69. The highest BCUT2D eigenvalue weighted by Gasteiger charge is 2.34. The van der Waals surface area contributed by atoms with Crippen molar-refractivity contribution in [1.29, 1.82) is 0 Å². The number of halogens is 1. The molecular formula is C12H15ClN2O2. The van der Waals surface area contributed by atoms with E-state index in [2.05, 4.69) is 5.32 Å². The van der Waals surface area contributed by atoms with Gasteiger partial charge in [0.1, 0.15) is 0 Å². The second kappa shape index (κ2) is 4.55. The highest BCUT2D eigenvalue weighted by molar-refractivity contribution is 6.34. The number of rotatable bonds is 3. The molecule has 4 N–H and O–H groups in total. The maximum absolute atomic E-state index is 11.8. The fourth-order valence-electron chi connectivity index (χ4n) is 1.82. The number of hydrogen-bond donors (Lipinski definition) is 3. The first-order valence-electron chi connectivity index (χ1n) is 5.56. The SMILES string of the molecule is Nc1ccc(Cl)c(C(=O)NCC2(O)CCC2)c1. The van der Waals surface area contributed by atoms with E-state index in [4.69, 9.17) is 17.3 Å². The molecule has 0 bridgehead atoms. The zero-order valence-corrected chi connectivity index (χ0v) is 10.1. The predicted molar refractivity (Wildman–Crippen MR) is 67.0 cm³/mol. The maximum Gasteiger partial charge on any atom is 0.252 e. The van der Waals surface area contributed by atoms with E-state index in [9.17, 15) is 9.90 Å². The van der Waals surface area contributed by atoms with Crippen molar-refractivity contribution in [2.75, 3.05) is 12.3 Å². The van der Waals surface area contributed by atoms with Gasteiger partial charge in [0.15, 0.2) is 0 Å². The minimum absolute atomic E-state index is 0.261. The van der Waals surface area contributed by atoms with Gasteiger partial charge in [-0.2, -0.15) is 0 Å². The Bertz CT molecular complexity index is 444. The van der Waals surface area contributed by atoms with Crippen LogP contribution in [-0.2, 0) is 0 Å². The van der Waals surface area contributed by atoms with Crippen LogP contribution in [0.2, 0.25) is 5.02 Å². The van der Waals surface area contributed by atoms with Crippen LogP contribution >= 0.6 is 11.6 Å². The molecule has 1 aliphatic carbocycles. The van der Waals surface area contributed by atoms with Crippen LogP contribution in [0, 0.1) is 0 Å². The van der Waals surface area contributed by atoms with Crippen molar-refractivity contribution in [3.63, 3.8) is 0 Å². The topological polar surface area (TPSA) is 75.4 Å². The van der Waals surface area contributed by atoms with E-state index < -0.39 is 5.60 Å². The standard InChI is InChI=1S/C12H15ClN2O2/c13-10-3-2-8(14)6-9(10)11(16)15-7-12(17)4-1-5-12/h2-3,6,17H,1,4-5,7,14H2,(H,15,16). The van der Waals surface area contributed by atoms with E-state index in [-0.39, 0.29) is 12.5 Å². The van der Waals surface area contributed by atoms with Crippen molar-refractivity contribution in [3.05, 3.63) is 28.8 Å². The molecule has 0 heterocycles. The van der Waals surface area contributed by atoms with E-state index in [0.717, 1.165) is 19.3 Å². The molecule has 1 saturated carbocycles. The number of hydrogen-bond acceptors (Lipinski definition) is 3. The molecule has 0 unspecified atom stereocenters. The molecule has 0 radical (unpaired) electrons. The van der Waals surface area contributed by atoms with Crippen molar-refractivity contribution < 1.29 is 9.90 Å². The summed E-state index contributed by atoms with van der Waals surface area (Å²) in [6.07, 6.45) is 2.47. The lowest BCUT2D eigenvalue weighted by atomic mass is 9.80. The number of carbonyl (C=O) groups is 1. The van der Waals surface area contributed by atoms with Crippen molar-refractivity contribution in [2.45, 2.75) is 24.9 Å². The monoisotopic (exact) mass is 254 g/mol. The quantitative estimate of drug-likeness (QED) is 0.717. The van der Waals surface area contributed by atoms with Gasteiger partial charge in [0, 0.05) is 12.2 Å². The van der Waals surface area contributed by atoms with Crippen LogP contribution < -0.4 is 11.1 Å². The Labute approximate surface area is 105 Å². The third kappa shape index (κ3) is 2.70. The van der Waals surface area contributed by atoms with Gasteiger partial charge in [0.2, 0.25) is 0 Å². The second-order valence-corrected chi connectivity index (χ2v) is 4.91. The van der Waals surface area contributed by atoms with Crippen LogP contribution in [-0.4, -0.2) is 23.2 Å². The summed E-state index contributed by atoms with van der Waals surface area (Å²) in [6.45, 7) is 0.261. The van der Waals surface area contributed by atoms with E-state index in [1.807, 2.05) is 0 Å². The van der Waals surface area contributed by atoms with E-state index in [0.29, 0.717) is 16.3 Å². The molecule has 0 atom stereocenters. The van der Waals surface area contributed by atoms with Gasteiger partial charge in [-0.15, -0.1) is 0 Å². The third-order valence-electron chi connectivity index (χ3n) is 3.10. The van der Waals surface area contributed by atoms with Gasteiger partial charge in [-0.1, -0.05) is 11.6 Å². The Morgan fingerprint density at radius 3 is 2.82 bits per heavy atom. The van der Waals surface area contributed by atoms with Gasteiger partial charge in [-0.05, 0) is 37.5 Å². The van der Waals surface area contributed by atoms with Gasteiger partial charge in [0.25, 0.3) is 5.91 Å². The Kier molecular flexibility index (Phi) is 3.26. The van der Waals surface area contributed by atoms with Crippen molar-refractivity contribution in [2.24, 2.45) is 0 Å². The van der Waals surface area contributed by atoms with Crippen LogP contribution in [0.5, 0.6) is 0 Å². The summed E-state index contributed by atoms with van der Waals surface area (Å²) < 4.78 is 0. The number of nitrogen functional groups attached to an aromatic ring is 1. The van der Waals surface area contributed by atoms with Crippen LogP contribution in [0.1, 0.15) is 29.6 Å². The molecule has 0 saturated heterocycles. The highest BCUT2D eigenvalue weighted by atomic mass is 35.5. The molecule has 1 aromatic rings. The minimum atomic E-state index is -0.734. The van der Waals surface area contributed by atoms with E-state index >= 15 is 0 Å². The molecular weight excluding hydrogens is 240 g/mol. The summed E-state index contributed by atoms with van der Waals surface area (Å²) in [5, 5.41) is 12.9. The Morgan fingerprint density at radius 1 is 1.53 bits per heavy atom. The normalized spacial score (nSPS) is 17.3. The second-order valence-electron chi connectivity index (χ2n) is 4.50. The van der Waals surface area contributed by atoms with Gasteiger partial charge in [0.05, 0.1) is 16.2 Å². The van der Waals surface area contributed by atoms with Gasteiger partial charge >= 0.3 is 0 Å². The molecule has 0 spiro atoms. The lowest BCUT2D eigenvalue weighted by molar-refractivity contribution is -0.0300. The fraction of sp³-hybridized carbons (Fsp3) is 0.417. The molecule has 1 amide bonds. The summed E-state index contributed by atoms with van der Waals surface area (Å²) in [4.78, 5) is 11.8. The molecule has 1 fully saturated rings. The van der Waals surface area contributed by atoms with Gasteiger partial charge < -0.3 is 16.2 Å². The van der Waals surface area contributed by atoms with E-state index in [1.165, 1.54) is 6.07 Å². The van der Waals surface area contributed by atoms with Gasteiger partial charge in [-0.3, -0.25) is 4.79 Å². The Balaban J connectivity index is 2.01. The lowest BCUT2D eigenvalue weighted by Crippen LogP contribution is -2.47. The van der Waals surface area contributed by atoms with Crippen molar-refractivity contribution in [1.82, 2.24) is 5.32 Å². The Morgan fingerprint density at radius 2 is 2.24 bits per heavy atom. The number of benzene rings is 1. The van der Waals surface area contributed by atoms with E-state index in [1.54, 1.807) is 12.1 Å². The predicted octanol–water partition coefficient (Wildman–Crippen LogP) is 1.57.